The highest BCUT2D eigenvalue weighted by molar-refractivity contribution is 5.88. The molecule has 3 rings (SSSR count). The van der Waals surface area contributed by atoms with Gasteiger partial charge in [0.2, 0.25) is 11.8 Å². The van der Waals surface area contributed by atoms with Crippen molar-refractivity contribution in [2.75, 3.05) is 25.5 Å². The molecule has 0 unspecified atom stereocenters. The van der Waals surface area contributed by atoms with E-state index in [1.807, 2.05) is 54.6 Å². The van der Waals surface area contributed by atoms with Crippen LogP contribution in [0.1, 0.15) is 31.7 Å². The Morgan fingerprint density at radius 1 is 1.06 bits per heavy atom. The number of anilines is 1. The van der Waals surface area contributed by atoms with Gasteiger partial charge in [0.15, 0.2) is 0 Å². The fraction of sp³-hybridized carbons (Fsp3) is 0.360. The van der Waals surface area contributed by atoms with Crippen molar-refractivity contribution in [2.24, 2.45) is 0 Å². The fourth-order valence-electron chi connectivity index (χ4n) is 3.85. The van der Waals surface area contributed by atoms with Crippen LogP contribution in [0.15, 0.2) is 66.4 Å². The van der Waals surface area contributed by atoms with Crippen molar-refractivity contribution in [1.29, 1.82) is 0 Å². The maximum atomic E-state index is 13.2. The number of hydrogen-bond donors (Lipinski definition) is 2. The van der Waals surface area contributed by atoms with E-state index < -0.39 is 6.04 Å². The molecule has 2 amide bonds. The van der Waals surface area contributed by atoms with Crippen molar-refractivity contribution >= 4 is 17.5 Å². The monoisotopic (exact) mass is 421 g/mol. The molecule has 0 aliphatic heterocycles. The molecule has 0 heterocycles. The maximum Gasteiger partial charge on any atom is 0.243 e. The normalized spacial score (nSPS) is 13.8. The van der Waals surface area contributed by atoms with E-state index >= 15 is 0 Å². The van der Waals surface area contributed by atoms with Crippen LogP contribution in [0.5, 0.6) is 5.75 Å². The Balaban J connectivity index is 1.64. The van der Waals surface area contributed by atoms with Gasteiger partial charge in [-0.3, -0.25) is 9.59 Å². The minimum atomic E-state index is -0.565. The topological polar surface area (TPSA) is 70.7 Å². The Bertz CT molecular complexity index is 894. The number of ether oxygens (including phenoxy) is 1. The van der Waals surface area contributed by atoms with E-state index in [0.717, 1.165) is 42.0 Å². The Labute approximate surface area is 184 Å². The zero-order valence-corrected chi connectivity index (χ0v) is 18.3. The molecule has 0 aromatic heterocycles. The van der Waals surface area contributed by atoms with Gasteiger partial charge in [-0.25, -0.2) is 0 Å². The van der Waals surface area contributed by atoms with E-state index in [9.17, 15) is 9.59 Å². The fourth-order valence-corrected chi connectivity index (χ4v) is 3.85. The Morgan fingerprint density at radius 2 is 1.81 bits per heavy atom. The highest BCUT2D eigenvalue weighted by Crippen LogP contribution is 2.25. The maximum absolute atomic E-state index is 13.2. The molecule has 1 atom stereocenters. The van der Waals surface area contributed by atoms with Crippen LogP contribution < -0.4 is 15.4 Å². The third-order valence-electron chi connectivity index (χ3n) is 5.40. The molecule has 2 N–H and O–H groups in total. The van der Waals surface area contributed by atoms with Gasteiger partial charge in [-0.2, -0.15) is 0 Å². The van der Waals surface area contributed by atoms with E-state index in [0.29, 0.717) is 19.5 Å². The first kappa shape index (κ1) is 22.4. The van der Waals surface area contributed by atoms with Crippen LogP contribution in [0.2, 0.25) is 0 Å². The molecule has 0 saturated carbocycles. The molecule has 1 aliphatic rings. The summed E-state index contributed by atoms with van der Waals surface area (Å²) in [6.45, 7) is 2.58. The van der Waals surface area contributed by atoms with Crippen LogP contribution in [-0.2, 0) is 16.0 Å². The summed E-state index contributed by atoms with van der Waals surface area (Å²) in [6, 6.07) is 16.9. The number of carbonyl (C=O) groups excluding carboxylic acids is 2. The molecule has 2 aromatic rings. The highest BCUT2D eigenvalue weighted by atomic mass is 16.5. The van der Waals surface area contributed by atoms with E-state index in [-0.39, 0.29) is 11.8 Å². The predicted octanol–water partition coefficient (Wildman–Crippen LogP) is 3.75. The van der Waals surface area contributed by atoms with Crippen LogP contribution in [0.3, 0.4) is 0 Å². The van der Waals surface area contributed by atoms with Gasteiger partial charge < -0.3 is 20.3 Å². The first-order chi connectivity index (χ1) is 15.1. The number of amides is 2. The van der Waals surface area contributed by atoms with Crippen molar-refractivity contribution < 1.29 is 14.3 Å². The molecule has 6 nitrogen and oxygen atoms in total. The van der Waals surface area contributed by atoms with Crippen LogP contribution in [-0.4, -0.2) is 43.0 Å². The van der Waals surface area contributed by atoms with Gasteiger partial charge in [0.25, 0.3) is 0 Å². The number of carbonyl (C=O) groups is 2. The van der Waals surface area contributed by atoms with Gasteiger partial charge >= 0.3 is 0 Å². The van der Waals surface area contributed by atoms with Crippen LogP contribution >= 0.6 is 0 Å². The number of rotatable bonds is 10. The lowest BCUT2D eigenvalue weighted by Crippen LogP contribution is -2.50. The van der Waals surface area contributed by atoms with Crippen molar-refractivity contribution in [3.8, 4) is 5.75 Å². The number of nitrogens with zero attached hydrogens (tertiary/aromatic N) is 1. The zero-order chi connectivity index (χ0) is 22.1. The predicted molar refractivity (Wildman–Crippen MR) is 123 cm³/mol. The SMILES string of the molecule is COc1ccc(NCCNC(=O)[C@H](Cc2ccccc2)N(C(C)=O)C2=CCCC2)cc1. The molecule has 0 bridgehead atoms. The molecule has 1 aliphatic carbocycles. The van der Waals surface area contributed by atoms with Crippen molar-refractivity contribution in [3.63, 3.8) is 0 Å². The lowest BCUT2D eigenvalue weighted by atomic mass is 10.0. The average Bonchev–Trinajstić information content (AvgIpc) is 3.31. The summed E-state index contributed by atoms with van der Waals surface area (Å²) < 4.78 is 5.16. The molecular formula is C25H31N3O3. The molecule has 0 fully saturated rings. The molecule has 2 aromatic carbocycles. The number of methoxy groups -OCH3 is 1. The van der Waals surface area contributed by atoms with Gasteiger partial charge in [-0.15, -0.1) is 0 Å². The van der Waals surface area contributed by atoms with E-state index in [2.05, 4.69) is 16.7 Å². The lowest BCUT2D eigenvalue weighted by molar-refractivity contribution is -0.136. The minimum Gasteiger partial charge on any atom is -0.497 e. The van der Waals surface area contributed by atoms with Gasteiger partial charge in [0, 0.05) is 37.8 Å². The first-order valence-corrected chi connectivity index (χ1v) is 10.8. The van der Waals surface area contributed by atoms with Crippen molar-refractivity contribution in [3.05, 3.63) is 71.9 Å². The number of hydrogen-bond acceptors (Lipinski definition) is 4. The Hall–Kier alpha value is -3.28. The van der Waals surface area contributed by atoms with E-state index in [4.69, 9.17) is 4.74 Å². The Morgan fingerprint density at radius 3 is 2.42 bits per heavy atom. The van der Waals surface area contributed by atoms with Gasteiger partial charge in [-0.1, -0.05) is 36.4 Å². The summed E-state index contributed by atoms with van der Waals surface area (Å²) in [5.74, 6) is 0.567. The second-order valence-electron chi connectivity index (χ2n) is 7.63. The minimum absolute atomic E-state index is 0.0967. The summed E-state index contributed by atoms with van der Waals surface area (Å²) in [5, 5.41) is 6.29. The molecular weight excluding hydrogens is 390 g/mol. The highest BCUT2D eigenvalue weighted by Gasteiger charge is 2.31. The number of allylic oxidation sites excluding steroid dienone is 2. The average molecular weight is 422 g/mol. The van der Waals surface area contributed by atoms with Gasteiger partial charge in [0.05, 0.1) is 7.11 Å². The Kier molecular flexibility index (Phi) is 8.10. The van der Waals surface area contributed by atoms with Crippen LogP contribution in [0.4, 0.5) is 5.69 Å². The van der Waals surface area contributed by atoms with Crippen LogP contribution in [0.25, 0.3) is 0 Å². The standard InChI is InChI=1S/C25H31N3O3/c1-19(29)28(22-10-6-7-11-22)24(18-20-8-4-3-5-9-20)25(30)27-17-16-26-21-12-14-23(31-2)15-13-21/h3-5,8-10,12-15,24,26H,6-7,11,16-18H2,1-2H3,(H,27,30)/t24-/m0/s1. The molecule has 31 heavy (non-hydrogen) atoms. The summed E-state index contributed by atoms with van der Waals surface area (Å²) >= 11 is 0. The molecule has 164 valence electrons. The molecule has 0 spiro atoms. The number of benzene rings is 2. The second-order valence-corrected chi connectivity index (χ2v) is 7.63. The first-order valence-electron chi connectivity index (χ1n) is 10.8. The molecule has 0 saturated heterocycles. The van der Waals surface area contributed by atoms with Crippen LogP contribution in [0, 0.1) is 0 Å². The van der Waals surface area contributed by atoms with E-state index in [1.54, 1.807) is 12.0 Å². The third-order valence-corrected chi connectivity index (χ3v) is 5.40. The summed E-state index contributed by atoms with van der Waals surface area (Å²) in [5.41, 5.74) is 2.95. The summed E-state index contributed by atoms with van der Waals surface area (Å²) in [7, 11) is 1.63. The number of nitrogens with one attached hydrogen (secondary N) is 2. The zero-order valence-electron chi connectivity index (χ0n) is 18.3. The quantitative estimate of drug-likeness (QED) is 0.573. The molecule has 6 heteroatoms. The van der Waals surface area contributed by atoms with Gasteiger partial charge in [0.1, 0.15) is 11.8 Å². The molecule has 0 radical (unpaired) electrons. The lowest BCUT2D eigenvalue weighted by Gasteiger charge is -2.31. The second kappa shape index (κ2) is 11.2. The summed E-state index contributed by atoms with van der Waals surface area (Å²) in [4.78, 5) is 27.4. The van der Waals surface area contributed by atoms with Crippen molar-refractivity contribution in [1.82, 2.24) is 10.2 Å². The largest absolute Gasteiger partial charge is 0.497 e. The third kappa shape index (κ3) is 6.35. The smallest absolute Gasteiger partial charge is 0.243 e. The van der Waals surface area contributed by atoms with Gasteiger partial charge in [-0.05, 0) is 49.1 Å². The van der Waals surface area contributed by atoms with Crippen molar-refractivity contribution in [2.45, 2.75) is 38.6 Å². The van der Waals surface area contributed by atoms with E-state index in [1.165, 1.54) is 6.92 Å². The summed E-state index contributed by atoms with van der Waals surface area (Å²) in [6.07, 6.45) is 5.36.